The van der Waals surface area contributed by atoms with Gasteiger partial charge in [0.25, 0.3) is 0 Å². The maximum Gasteiger partial charge on any atom is 0.310 e. The van der Waals surface area contributed by atoms with Crippen molar-refractivity contribution in [3.8, 4) is 0 Å². The first-order valence-corrected chi connectivity index (χ1v) is 15.9. The average Bonchev–Trinajstić information content (AvgIpc) is 2.81. The van der Waals surface area contributed by atoms with Gasteiger partial charge in [-0.15, -0.1) is 0 Å². The number of hydrogen-bond acceptors (Lipinski definition) is 9. The molecule has 0 spiro atoms. The summed E-state index contributed by atoms with van der Waals surface area (Å²) in [6.07, 6.45) is 0.777. The van der Waals surface area contributed by atoms with Crippen molar-refractivity contribution >= 4 is 17.9 Å². The van der Waals surface area contributed by atoms with Gasteiger partial charge in [-0.05, 0) is 83.1 Å². The SMILES string of the molecule is CC.CC.COCCC(C)(C)OC(=O)CC(CC(=O)OC(C)(C)CCOC(C)(C)C)C(=O)OC(C)(C)CCOC(C)(C)C. The summed E-state index contributed by atoms with van der Waals surface area (Å²) in [5, 5.41) is 0. The van der Waals surface area contributed by atoms with Crippen LogP contribution in [0.25, 0.3) is 0 Å². The molecule has 0 heterocycles. The Morgan fingerprint density at radius 1 is 0.512 bits per heavy atom. The fourth-order valence-corrected chi connectivity index (χ4v) is 3.40. The second kappa shape index (κ2) is 21.1. The van der Waals surface area contributed by atoms with Crippen LogP contribution in [0.5, 0.6) is 0 Å². The molecule has 0 aromatic rings. The summed E-state index contributed by atoms with van der Waals surface area (Å²) in [7, 11) is 1.57. The normalized spacial score (nSPS) is 13.0. The van der Waals surface area contributed by atoms with E-state index >= 15 is 0 Å². The molecule has 0 saturated heterocycles. The summed E-state index contributed by atoms with van der Waals surface area (Å²) in [6, 6.07) is 0. The average molecular weight is 621 g/mol. The lowest BCUT2D eigenvalue weighted by Gasteiger charge is -2.31. The highest BCUT2D eigenvalue weighted by Crippen LogP contribution is 2.25. The molecule has 0 fully saturated rings. The molecule has 0 amide bonds. The summed E-state index contributed by atoms with van der Waals surface area (Å²) in [5.41, 5.74) is -3.10. The van der Waals surface area contributed by atoms with E-state index in [4.69, 9.17) is 28.4 Å². The van der Waals surface area contributed by atoms with Crippen LogP contribution in [0, 0.1) is 5.92 Å². The highest BCUT2D eigenvalue weighted by atomic mass is 16.6. The third-order valence-corrected chi connectivity index (χ3v) is 5.70. The summed E-state index contributed by atoms with van der Waals surface area (Å²) in [6.45, 7) is 31.6. The molecule has 0 aromatic carbocycles. The molecule has 0 radical (unpaired) electrons. The molecule has 1 unspecified atom stereocenters. The Kier molecular flexibility index (Phi) is 22.4. The number of methoxy groups -OCH3 is 1. The molecular weight excluding hydrogens is 552 g/mol. The van der Waals surface area contributed by atoms with Gasteiger partial charge in [0.15, 0.2) is 0 Å². The standard InChI is InChI=1S/C30H56O9.2C2H6/c1-26(2,3)35-18-15-29(9,10)38-24(32)21-22(20-23(31)37-28(7,8)14-17-34-13)25(33)39-30(11,12)16-19-36-27(4,5)6;2*1-2/h22H,14-21H2,1-13H3;2*1-2H3. The molecule has 0 rings (SSSR count). The lowest BCUT2D eigenvalue weighted by molar-refractivity contribution is -0.175. The van der Waals surface area contributed by atoms with E-state index in [1.165, 1.54) is 0 Å². The molecule has 0 aromatic heterocycles. The van der Waals surface area contributed by atoms with Crippen molar-refractivity contribution in [2.45, 2.75) is 171 Å². The zero-order valence-electron chi connectivity index (χ0n) is 30.9. The van der Waals surface area contributed by atoms with Gasteiger partial charge in [-0.1, -0.05) is 27.7 Å². The highest BCUT2D eigenvalue weighted by molar-refractivity contribution is 5.84. The molecule has 9 nitrogen and oxygen atoms in total. The second-order valence-electron chi connectivity index (χ2n) is 13.9. The van der Waals surface area contributed by atoms with E-state index in [0.29, 0.717) is 39.1 Å². The fraction of sp³-hybridized carbons (Fsp3) is 0.912. The van der Waals surface area contributed by atoms with Gasteiger partial charge in [-0.2, -0.15) is 0 Å². The second-order valence-corrected chi connectivity index (χ2v) is 13.9. The van der Waals surface area contributed by atoms with Crippen LogP contribution >= 0.6 is 0 Å². The summed E-state index contributed by atoms with van der Waals surface area (Å²) in [5.74, 6) is -2.92. The fourth-order valence-electron chi connectivity index (χ4n) is 3.40. The molecule has 258 valence electrons. The maximum absolute atomic E-state index is 13.3. The molecular formula is C34H68O9. The Morgan fingerprint density at radius 2 is 0.814 bits per heavy atom. The summed E-state index contributed by atoms with van der Waals surface area (Å²) in [4.78, 5) is 39.0. The minimum Gasteiger partial charge on any atom is -0.460 e. The first-order chi connectivity index (χ1) is 19.5. The van der Waals surface area contributed by atoms with Crippen LogP contribution in [0.15, 0.2) is 0 Å². The zero-order valence-corrected chi connectivity index (χ0v) is 30.9. The molecule has 0 saturated carbocycles. The third-order valence-electron chi connectivity index (χ3n) is 5.70. The minimum atomic E-state index is -1.06. The van der Waals surface area contributed by atoms with Crippen LogP contribution in [-0.2, 0) is 42.8 Å². The van der Waals surface area contributed by atoms with E-state index in [0.717, 1.165) is 0 Å². The van der Waals surface area contributed by atoms with Gasteiger partial charge in [0.1, 0.15) is 16.8 Å². The first-order valence-electron chi connectivity index (χ1n) is 15.9. The van der Waals surface area contributed by atoms with E-state index in [-0.39, 0.29) is 24.0 Å². The molecule has 0 aliphatic rings. The van der Waals surface area contributed by atoms with Crippen molar-refractivity contribution in [1.29, 1.82) is 0 Å². The van der Waals surface area contributed by atoms with E-state index in [1.54, 1.807) is 48.7 Å². The molecule has 0 N–H and O–H groups in total. The number of rotatable bonds is 17. The van der Waals surface area contributed by atoms with Crippen molar-refractivity contribution in [3.05, 3.63) is 0 Å². The van der Waals surface area contributed by atoms with Crippen molar-refractivity contribution in [3.63, 3.8) is 0 Å². The van der Waals surface area contributed by atoms with Crippen LogP contribution < -0.4 is 0 Å². The van der Waals surface area contributed by atoms with Crippen molar-refractivity contribution < 1.29 is 42.8 Å². The number of esters is 3. The first kappa shape index (κ1) is 45.7. The topological polar surface area (TPSA) is 107 Å². The van der Waals surface area contributed by atoms with Gasteiger partial charge < -0.3 is 28.4 Å². The molecule has 1 atom stereocenters. The lowest BCUT2D eigenvalue weighted by atomic mass is 9.99. The number of hydrogen-bond donors (Lipinski definition) is 0. The summed E-state index contributed by atoms with van der Waals surface area (Å²) < 4.78 is 33.7. The van der Waals surface area contributed by atoms with Gasteiger partial charge in [0.05, 0.1) is 43.2 Å². The van der Waals surface area contributed by atoms with E-state index in [9.17, 15) is 14.4 Å². The van der Waals surface area contributed by atoms with Crippen LogP contribution in [-0.4, -0.2) is 72.8 Å². The monoisotopic (exact) mass is 620 g/mol. The van der Waals surface area contributed by atoms with Crippen LogP contribution in [0.4, 0.5) is 0 Å². The Hall–Kier alpha value is -1.71. The Balaban J connectivity index is -0.00000382. The third kappa shape index (κ3) is 27.6. The smallest absolute Gasteiger partial charge is 0.310 e. The largest absolute Gasteiger partial charge is 0.460 e. The van der Waals surface area contributed by atoms with Crippen LogP contribution in [0.3, 0.4) is 0 Å². The lowest BCUT2D eigenvalue weighted by Crippen LogP contribution is -2.38. The van der Waals surface area contributed by atoms with Crippen molar-refractivity contribution in [1.82, 2.24) is 0 Å². The predicted molar refractivity (Wildman–Crippen MR) is 173 cm³/mol. The van der Waals surface area contributed by atoms with E-state index in [2.05, 4.69) is 0 Å². The van der Waals surface area contributed by atoms with Gasteiger partial charge >= 0.3 is 17.9 Å². The molecule has 9 heteroatoms. The molecule has 0 bridgehead atoms. The zero-order chi connectivity index (χ0) is 34.7. The van der Waals surface area contributed by atoms with Crippen LogP contribution in [0.2, 0.25) is 0 Å². The predicted octanol–water partition coefficient (Wildman–Crippen LogP) is 7.85. The van der Waals surface area contributed by atoms with Crippen LogP contribution in [0.1, 0.15) is 143 Å². The number of carbonyl (C=O) groups excluding carboxylic acids is 3. The Morgan fingerprint density at radius 3 is 1.12 bits per heavy atom. The van der Waals surface area contributed by atoms with Gasteiger partial charge in [-0.3, -0.25) is 14.4 Å². The van der Waals surface area contributed by atoms with Gasteiger partial charge in [-0.25, -0.2) is 0 Å². The Labute approximate surface area is 264 Å². The summed E-state index contributed by atoms with van der Waals surface area (Å²) >= 11 is 0. The van der Waals surface area contributed by atoms with E-state index in [1.807, 2.05) is 69.2 Å². The number of ether oxygens (including phenoxy) is 6. The van der Waals surface area contributed by atoms with E-state index < -0.39 is 40.6 Å². The van der Waals surface area contributed by atoms with Crippen molar-refractivity contribution in [2.75, 3.05) is 26.9 Å². The molecule has 0 aliphatic carbocycles. The highest BCUT2D eigenvalue weighted by Gasteiger charge is 2.35. The maximum atomic E-state index is 13.3. The quantitative estimate of drug-likeness (QED) is 0.119. The van der Waals surface area contributed by atoms with Gasteiger partial charge in [0, 0.05) is 33.0 Å². The molecule has 0 aliphatic heterocycles. The Bertz CT molecular complexity index is 772. The number of carbonyl (C=O) groups is 3. The minimum absolute atomic E-state index is 0.308. The van der Waals surface area contributed by atoms with Gasteiger partial charge in [0.2, 0.25) is 0 Å². The molecule has 43 heavy (non-hydrogen) atoms. The van der Waals surface area contributed by atoms with Crippen molar-refractivity contribution in [2.24, 2.45) is 5.92 Å².